The van der Waals surface area contributed by atoms with Crippen LogP contribution in [0.5, 0.6) is 0 Å². The first-order chi connectivity index (χ1) is 19.7. The first-order valence-corrected chi connectivity index (χ1v) is 16.0. The summed E-state index contributed by atoms with van der Waals surface area (Å²) in [6, 6.07) is 13.5. The second-order valence-corrected chi connectivity index (χ2v) is 14.0. The van der Waals surface area contributed by atoms with E-state index in [-0.39, 0.29) is 41.2 Å². The number of carbonyl (C=O) groups excluding carboxylic acids is 1. The number of nitrogens with zero attached hydrogens (tertiary/aromatic N) is 4. The van der Waals surface area contributed by atoms with E-state index >= 15 is 0 Å². The highest BCUT2D eigenvalue weighted by Gasteiger charge is 2.47. The highest BCUT2D eigenvalue weighted by Crippen LogP contribution is 2.51. The molecule has 2 aliphatic carbocycles. The average Bonchev–Trinajstić information content (AvgIpc) is 3.60. The number of halogens is 2. The van der Waals surface area contributed by atoms with E-state index in [1.54, 1.807) is 6.20 Å². The number of nitriles is 1. The monoisotopic (exact) mass is 578 g/mol. The number of hydrogen-bond acceptors (Lipinski definition) is 6. The van der Waals surface area contributed by atoms with Crippen molar-refractivity contribution in [3.05, 3.63) is 66.0 Å². The van der Waals surface area contributed by atoms with Crippen LogP contribution in [0, 0.1) is 34.3 Å². The van der Waals surface area contributed by atoms with Gasteiger partial charge >= 0.3 is 0 Å². The molecular formula is C31H32F2N4O3S. The number of ketones is 1. The number of hydrogen-bond donors (Lipinski definition) is 0. The molecule has 3 fully saturated rings. The summed E-state index contributed by atoms with van der Waals surface area (Å²) in [7, 11) is -3.00. The third-order valence-corrected chi connectivity index (χ3v) is 10.5. The fourth-order valence-electron chi connectivity index (χ4n) is 6.28. The molecule has 1 aromatic heterocycles. The van der Waals surface area contributed by atoms with Gasteiger partial charge in [0.25, 0.3) is 0 Å². The van der Waals surface area contributed by atoms with Crippen LogP contribution in [0.15, 0.2) is 48.7 Å². The van der Waals surface area contributed by atoms with E-state index in [9.17, 15) is 27.3 Å². The Morgan fingerprint density at radius 2 is 1.76 bits per heavy atom. The Morgan fingerprint density at radius 1 is 1.05 bits per heavy atom. The summed E-state index contributed by atoms with van der Waals surface area (Å²) in [6.45, 7) is 0.871. The smallest absolute Gasteiger partial charge is 0.153 e. The molecule has 2 heterocycles. The topological polar surface area (TPSA) is 96.1 Å². The lowest BCUT2D eigenvalue weighted by atomic mass is 9.72. The van der Waals surface area contributed by atoms with Crippen LogP contribution in [0.2, 0.25) is 0 Å². The van der Waals surface area contributed by atoms with Crippen LogP contribution in [-0.4, -0.2) is 48.6 Å². The maximum absolute atomic E-state index is 14.8. The van der Waals surface area contributed by atoms with Crippen molar-refractivity contribution in [1.29, 1.82) is 5.26 Å². The molecule has 2 atom stereocenters. The highest BCUT2D eigenvalue weighted by atomic mass is 32.2. The van der Waals surface area contributed by atoms with Crippen molar-refractivity contribution in [1.82, 2.24) is 9.78 Å². The number of benzene rings is 2. The summed E-state index contributed by atoms with van der Waals surface area (Å²) >= 11 is 0. The van der Waals surface area contributed by atoms with Crippen molar-refractivity contribution in [2.24, 2.45) is 11.3 Å². The molecule has 0 unspecified atom stereocenters. The minimum Gasteiger partial charge on any atom is -0.369 e. The van der Waals surface area contributed by atoms with Crippen molar-refractivity contribution in [2.75, 3.05) is 29.5 Å². The third-order valence-electron chi connectivity index (χ3n) is 8.92. The SMILES string of the molecule is N#CC1(CC(=O)[C@@H]2CCCC[C@H]2c2nn(-c3ccc(F)cc3F)cc2-c2ccc(N3CCS(=O)(=O)CC3)cc2)CC1. The minimum absolute atomic E-state index is 0.0950. The standard InChI is InChI=1S/C31H32F2N4O3S/c32-22-7-10-28(27(33)17-22)37-19-26(21-5-8-23(9-6-21)36-13-15-41(39,40)16-14-36)30(35-37)25-4-2-1-3-24(25)29(38)18-31(20-34)11-12-31/h5-10,17,19,24-25H,1-4,11-16,18H2/t24-,25-/m1/s1. The maximum Gasteiger partial charge on any atom is 0.153 e. The number of carbonyl (C=O) groups is 1. The Balaban J connectivity index is 1.37. The second-order valence-electron chi connectivity index (χ2n) is 11.7. The van der Waals surface area contributed by atoms with Crippen LogP contribution >= 0.6 is 0 Å². The van der Waals surface area contributed by atoms with Crippen molar-refractivity contribution >= 4 is 21.3 Å². The molecule has 0 radical (unpaired) electrons. The Bertz CT molecular complexity index is 1610. The van der Waals surface area contributed by atoms with Crippen LogP contribution in [0.3, 0.4) is 0 Å². The van der Waals surface area contributed by atoms with E-state index in [1.807, 2.05) is 29.2 Å². The zero-order valence-corrected chi connectivity index (χ0v) is 23.5. The molecule has 7 nitrogen and oxygen atoms in total. The van der Waals surface area contributed by atoms with Gasteiger partial charge in [-0.2, -0.15) is 10.4 Å². The van der Waals surface area contributed by atoms with E-state index in [2.05, 4.69) is 6.07 Å². The summed E-state index contributed by atoms with van der Waals surface area (Å²) in [5.41, 5.74) is 2.82. The summed E-state index contributed by atoms with van der Waals surface area (Å²) in [5, 5.41) is 14.4. The van der Waals surface area contributed by atoms with Crippen LogP contribution in [0.1, 0.15) is 56.6 Å². The second kappa shape index (κ2) is 10.7. The quantitative estimate of drug-likeness (QED) is 0.363. The summed E-state index contributed by atoms with van der Waals surface area (Å²) in [6.07, 6.45) is 6.85. The first kappa shape index (κ1) is 27.6. The molecule has 41 heavy (non-hydrogen) atoms. The third kappa shape index (κ3) is 5.65. The zero-order valence-electron chi connectivity index (χ0n) is 22.7. The maximum atomic E-state index is 14.8. The van der Waals surface area contributed by atoms with Gasteiger partial charge in [0, 0.05) is 54.9 Å². The van der Waals surface area contributed by atoms with Crippen LogP contribution in [0.25, 0.3) is 16.8 Å². The van der Waals surface area contributed by atoms with Gasteiger partial charge in [0.05, 0.1) is 28.7 Å². The Morgan fingerprint density at radius 3 is 2.41 bits per heavy atom. The number of anilines is 1. The van der Waals surface area contributed by atoms with Gasteiger partial charge in [0.1, 0.15) is 17.3 Å². The molecule has 0 bridgehead atoms. The highest BCUT2D eigenvalue weighted by molar-refractivity contribution is 7.91. The lowest BCUT2D eigenvalue weighted by molar-refractivity contribution is -0.125. The lowest BCUT2D eigenvalue weighted by Gasteiger charge is -2.31. The molecule has 1 aliphatic heterocycles. The van der Waals surface area contributed by atoms with Gasteiger partial charge in [-0.05, 0) is 55.5 Å². The van der Waals surface area contributed by atoms with Crippen molar-refractivity contribution in [3.8, 4) is 22.9 Å². The predicted molar refractivity (Wildman–Crippen MR) is 151 cm³/mol. The van der Waals surface area contributed by atoms with Crippen LogP contribution in [-0.2, 0) is 14.6 Å². The van der Waals surface area contributed by atoms with Gasteiger partial charge in [-0.25, -0.2) is 21.9 Å². The van der Waals surface area contributed by atoms with Gasteiger partial charge in [-0.1, -0.05) is 25.0 Å². The average molecular weight is 579 g/mol. The van der Waals surface area contributed by atoms with E-state index in [0.717, 1.165) is 61.4 Å². The van der Waals surface area contributed by atoms with E-state index < -0.39 is 26.9 Å². The number of sulfone groups is 1. The van der Waals surface area contributed by atoms with E-state index in [0.29, 0.717) is 18.8 Å². The molecule has 10 heteroatoms. The lowest BCUT2D eigenvalue weighted by Crippen LogP contribution is -2.40. The largest absolute Gasteiger partial charge is 0.369 e. The van der Waals surface area contributed by atoms with Gasteiger partial charge < -0.3 is 4.90 Å². The molecular weight excluding hydrogens is 546 g/mol. The zero-order chi connectivity index (χ0) is 28.8. The van der Waals surface area contributed by atoms with Gasteiger partial charge in [0.15, 0.2) is 15.7 Å². The summed E-state index contributed by atoms with van der Waals surface area (Å²) < 4.78 is 53.7. The van der Waals surface area contributed by atoms with Crippen LogP contribution in [0.4, 0.5) is 14.5 Å². The number of aromatic nitrogens is 2. The van der Waals surface area contributed by atoms with E-state index in [1.165, 1.54) is 16.8 Å². The number of rotatable bonds is 7. The molecule has 0 amide bonds. The Hall–Kier alpha value is -3.58. The van der Waals surface area contributed by atoms with Gasteiger partial charge in [0.2, 0.25) is 0 Å². The van der Waals surface area contributed by atoms with Crippen LogP contribution < -0.4 is 4.90 Å². The molecule has 6 rings (SSSR count). The molecule has 3 aliphatic rings. The summed E-state index contributed by atoms with van der Waals surface area (Å²) in [5.74, 6) is -1.52. The first-order valence-electron chi connectivity index (χ1n) is 14.2. The van der Waals surface area contributed by atoms with E-state index in [4.69, 9.17) is 5.10 Å². The van der Waals surface area contributed by atoms with Crippen molar-refractivity contribution in [3.63, 3.8) is 0 Å². The molecule has 0 spiro atoms. The minimum atomic E-state index is -3.00. The Kier molecular flexibility index (Phi) is 7.18. The molecule has 3 aromatic rings. The molecule has 2 saturated carbocycles. The molecule has 0 N–H and O–H groups in total. The van der Waals surface area contributed by atoms with Crippen molar-refractivity contribution in [2.45, 2.75) is 50.9 Å². The van der Waals surface area contributed by atoms with Gasteiger partial charge in [-0.3, -0.25) is 4.79 Å². The fourth-order valence-corrected chi connectivity index (χ4v) is 7.48. The Labute approximate surface area is 238 Å². The predicted octanol–water partition coefficient (Wildman–Crippen LogP) is 5.59. The molecule has 2 aromatic carbocycles. The normalized spacial score (nSPS) is 23.1. The summed E-state index contributed by atoms with van der Waals surface area (Å²) in [4.78, 5) is 15.6. The number of Topliss-reactive ketones (excluding diaryl/α,β-unsaturated/α-hetero) is 1. The fraction of sp³-hybridized carbons (Fsp3) is 0.452. The van der Waals surface area contributed by atoms with Gasteiger partial charge in [-0.15, -0.1) is 0 Å². The molecule has 214 valence electrons. The molecule has 1 saturated heterocycles. The van der Waals surface area contributed by atoms with Crippen molar-refractivity contribution < 1.29 is 22.0 Å².